The van der Waals surface area contributed by atoms with Gasteiger partial charge in [-0.2, -0.15) is 0 Å². The Bertz CT molecular complexity index is 2440. The van der Waals surface area contributed by atoms with E-state index in [2.05, 4.69) is 21.0 Å². The molecule has 274 valence electrons. The third kappa shape index (κ3) is 8.27. The van der Waals surface area contributed by atoms with Crippen molar-refractivity contribution in [2.75, 3.05) is 0 Å². The van der Waals surface area contributed by atoms with Gasteiger partial charge in [0.25, 0.3) is 0 Å². The van der Waals surface area contributed by atoms with E-state index in [4.69, 9.17) is 19.4 Å². The van der Waals surface area contributed by atoms with Gasteiger partial charge in [0, 0.05) is 27.4 Å². The van der Waals surface area contributed by atoms with Crippen LogP contribution in [0, 0.1) is 6.07 Å². The number of pyridine rings is 3. The number of hydrogen-bond acceptors (Lipinski definition) is 7. The van der Waals surface area contributed by atoms with E-state index in [1.807, 2.05) is 0 Å². The van der Waals surface area contributed by atoms with E-state index in [-0.39, 0.29) is 37.4 Å². The number of rotatable bonds is 6. The molecule has 0 aliphatic heterocycles. The number of aromatic carboxylic acids is 4. The molecule has 11 nitrogen and oxygen atoms in total. The summed E-state index contributed by atoms with van der Waals surface area (Å²) in [5, 5.41) is 40.9. The Morgan fingerprint density at radius 1 is 0.455 bits per heavy atom. The van der Waals surface area contributed by atoms with Crippen LogP contribution in [0.2, 0.25) is 0 Å². The van der Waals surface area contributed by atoms with Gasteiger partial charge in [0.2, 0.25) is 0 Å². The Morgan fingerprint density at radius 3 is 1.16 bits per heavy atom. The van der Waals surface area contributed by atoms with Gasteiger partial charge >= 0.3 is 58.4 Å². The van der Waals surface area contributed by atoms with Gasteiger partial charge in [-0.15, -0.1) is 23.6 Å². The first-order valence-corrected chi connectivity index (χ1v) is 20.4. The van der Waals surface area contributed by atoms with Crippen LogP contribution < -0.4 is 0 Å². The number of nitrogens with zero attached hydrogens (tertiary/aromatic N) is 3. The van der Waals surface area contributed by atoms with Crippen molar-refractivity contribution in [2.24, 2.45) is 0 Å². The second-order valence-electron chi connectivity index (χ2n) is 11.6. The fraction of sp³-hybridized carbons (Fsp3) is 0. The number of carboxylic acid groups (broad SMARTS) is 4. The number of halogens is 2. The molecule has 55 heavy (non-hydrogen) atoms. The number of carboxylic acids is 4. The van der Waals surface area contributed by atoms with E-state index in [1.54, 1.807) is 97.1 Å². The molecule has 0 radical (unpaired) electrons. The van der Waals surface area contributed by atoms with Crippen LogP contribution in [0.5, 0.6) is 0 Å². The third-order valence-corrected chi connectivity index (χ3v) is 8.38. The molecule has 0 fully saturated rings. The molecule has 14 heteroatoms. The quantitative estimate of drug-likeness (QED) is 0.0921. The monoisotopic (exact) mass is 858 g/mol. The second kappa shape index (κ2) is 16.8. The van der Waals surface area contributed by atoms with Crippen LogP contribution in [0.15, 0.2) is 121 Å². The molecule has 3 aromatic heterocycles. The standard InChI is InChI=1S/C21H12NO4.C20H12N2O4.2ClH.Ru/c23-20(24)16-10-13(9-12-5-1-2-6-14(12)16)19-11-17(21(25)26)15-7-3-4-8-18(15)22-19;23-19(24)13-9-17(21-15-7-3-1-5-11(13)15)18-10-14(20(25)26)12-6-2-4-8-16(12)22-18;;;/h1-8,10-11H,(H,23,24)(H,25,26);1-10H,(H,23,24)(H,25,26);2*1H;/q-1;;;;+2/p-2. The number of benzene rings is 5. The molecule has 0 aliphatic carbocycles. The van der Waals surface area contributed by atoms with Crippen molar-refractivity contribution in [1.82, 2.24) is 15.0 Å². The van der Waals surface area contributed by atoms with Crippen LogP contribution >= 0.6 is 19.4 Å². The van der Waals surface area contributed by atoms with Crippen LogP contribution in [0.3, 0.4) is 0 Å². The Labute approximate surface area is 327 Å². The van der Waals surface area contributed by atoms with Gasteiger partial charge in [-0.1, -0.05) is 89.8 Å². The van der Waals surface area contributed by atoms with Crippen molar-refractivity contribution < 1.29 is 54.7 Å². The van der Waals surface area contributed by atoms with Gasteiger partial charge in [0.05, 0.1) is 44.6 Å². The first kappa shape index (κ1) is 38.4. The number of aromatic nitrogens is 3. The van der Waals surface area contributed by atoms with Crippen molar-refractivity contribution in [2.45, 2.75) is 0 Å². The molecule has 0 saturated heterocycles. The Morgan fingerprint density at radius 2 is 0.764 bits per heavy atom. The summed E-state index contributed by atoms with van der Waals surface area (Å²) in [6, 6.07) is 36.7. The summed E-state index contributed by atoms with van der Waals surface area (Å²) in [7, 11) is 9.71. The van der Waals surface area contributed by atoms with Crippen LogP contribution in [0.25, 0.3) is 66.1 Å². The van der Waals surface area contributed by atoms with E-state index in [1.165, 1.54) is 24.3 Å². The second-order valence-corrected chi connectivity index (χ2v) is 14.3. The summed E-state index contributed by atoms with van der Waals surface area (Å²) in [5.41, 5.74) is 3.41. The van der Waals surface area contributed by atoms with E-state index < -0.39 is 23.9 Å². The molecule has 0 unspecified atom stereocenters. The molecule has 0 saturated carbocycles. The van der Waals surface area contributed by atoms with Gasteiger partial charge in [-0.25, -0.2) is 29.1 Å². The topological polar surface area (TPSA) is 188 Å². The van der Waals surface area contributed by atoms with Gasteiger partial charge in [-0.3, -0.25) is 4.98 Å². The van der Waals surface area contributed by atoms with Crippen molar-refractivity contribution in [1.29, 1.82) is 0 Å². The Balaban J connectivity index is 0.000000175. The van der Waals surface area contributed by atoms with Gasteiger partial charge in [0.15, 0.2) is 0 Å². The zero-order valence-corrected chi connectivity index (χ0v) is 31.2. The molecule has 0 atom stereocenters. The summed E-state index contributed by atoms with van der Waals surface area (Å²) in [4.78, 5) is 60.1. The first-order valence-electron chi connectivity index (χ1n) is 15.9. The predicted molar refractivity (Wildman–Crippen MR) is 206 cm³/mol. The molecule has 0 amide bonds. The molecule has 8 rings (SSSR count). The third-order valence-electron chi connectivity index (χ3n) is 8.38. The first-order chi connectivity index (χ1) is 26.5. The van der Waals surface area contributed by atoms with Crippen molar-refractivity contribution in [3.8, 4) is 22.6 Å². The van der Waals surface area contributed by atoms with Crippen LogP contribution in [0.4, 0.5) is 0 Å². The summed E-state index contributed by atoms with van der Waals surface area (Å²) in [6.45, 7) is 0. The zero-order valence-electron chi connectivity index (χ0n) is 27.9. The maximum atomic E-state index is 11.7. The summed E-state index contributed by atoms with van der Waals surface area (Å²) < 4.78 is 0. The number of para-hydroxylation sites is 3. The van der Waals surface area contributed by atoms with Gasteiger partial charge < -0.3 is 20.4 Å². The number of fused-ring (bicyclic) bond motifs is 4. The molecule has 0 aliphatic rings. The summed E-state index contributed by atoms with van der Waals surface area (Å²) >= 11 is -0.346. The Hall–Kier alpha value is -6.33. The van der Waals surface area contributed by atoms with Gasteiger partial charge in [-0.05, 0) is 30.3 Å². The average molecular weight is 859 g/mol. The van der Waals surface area contributed by atoms with Crippen molar-refractivity contribution in [3.63, 3.8) is 0 Å². The average Bonchev–Trinajstić information content (AvgIpc) is 3.19. The zero-order chi connectivity index (χ0) is 39.2. The summed E-state index contributed by atoms with van der Waals surface area (Å²) in [5.74, 6) is -4.28. The maximum absolute atomic E-state index is 11.7. The molecule has 3 heterocycles. The van der Waals surface area contributed by atoms with Crippen LogP contribution in [-0.4, -0.2) is 59.3 Å². The van der Waals surface area contributed by atoms with E-state index in [0.29, 0.717) is 66.1 Å². The van der Waals surface area contributed by atoms with Crippen molar-refractivity contribution in [3.05, 3.63) is 150 Å². The fourth-order valence-electron chi connectivity index (χ4n) is 6.00. The van der Waals surface area contributed by atoms with Crippen LogP contribution in [0.1, 0.15) is 41.4 Å². The summed E-state index contributed by atoms with van der Waals surface area (Å²) in [6.07, 6.45) is 0. The molecular formula is C41H24Cl2N3O8Ru-. The molecule has 8 aromatic rings. The number of hydrogen-bond donors (Lipinski definition) is 4. The van der Waals surface area contributed by atoms with E-state index in [0.717, 1.165) is 0 Å². The van der Waals surface area contributed by atoms with Crippen molar-refractivity contribution >= 4 is 86.7 Å². The number of carbonyl (C=O) groups is 4. The minimum absolute atomic E-state index is 0.0948. The normalized spacial score (nSPS) is 10.7. The molecular weight excluding hydrogens is 834 g/mol. The van der Waals surface area contributed by atoms with Gasteiger partial charge in [0.1, 0.15) is 0 Å². The molecule has 0 spiro atoms. The Kier molecular flexibility index (Phi) is 11.7. The van der Waals surface area contributed by atoms with Crippen LogP contribution in [-0.2, 0) is 15.1 Å². The minimum atomic E-state index is -1.08. The molecule has 5 aromatic carbocycles. The van der Waals surface area contributed by atoms with E-state index in [9.17, 15) is 39.6 Å². The fourth-order valence-corrected chi connectivity index (χ4v) is 6.00. The SMILES string of the molecule is O=C(O)c1cc(-c2cc(C(=O)O)c3ccccc3n2)[c-]c2ccccc12.O=C(O)c1cc(-c2cc(C(=O)O)c3ccccc3n2)nc2ccccc12.[Cl][Ru][Cl]. The predicted octanol–water partition coefficient (Wildman–Crippen LogP) is 9.47. The molecule has 0 bridgehead atoms. The molecule has 4 N–H and O–H groups in total. The van der Waals surface area contributed by atoms with E-state index >= 15 is 0 Å².